The Bertz CT molecular complexity index is 491. The zero-order valence-electron chi connectivity index (χ0n) is 11.0. The predicted octanol–water partition coefficient (Wildman–Crippen LogP) is 3.92. The van der Waals surface area contributed by atoms with Gasteiger partial charge in [-0.25, -0.2) is 4.98 Å². The van der Waals surface area contributed by atoms with Crippen LogP contribution in [0.15, 0.2) is 42.6 Å². The van der Waals surface area contributed by atoms with Crippen molar-refractivity contribution < 1.29 is 4.74 Å². The first-order valence-corrected chi connectivity index (χ1v) is 6.41. The van der Waals surface area contributed by atoms with E-state index in [4.69, 9.17) is 4.74 Å². The Balaban J connectivity index is 1.93. The van der Waals surface area contributed by atoms with Crippen molar-refractivity contribution in [3.05, 3.63) is 59.3 Å². The molecule has 94 valence electrons. The van der Waals surface area contributed by atoms with Crippen molar-refractivity contribution in [2.45, 2.75) is 33.3 Å². The lowest BCUT2D eigenvalue weighted by atomic mass is 10.1. The number of rotatable bonds is 5. The second-order valence-corrected chi connectivity index (χ2v) is 4.53. The van der Waals surface area contributed by atoms with E-state index in [0.717, 1.165) is 6.42 Å². The van der Waals surface area contributed by atoms with Crippen molar-refractivity contribution in [2.75, 3.05) is 0 Å². The van der Waals surface area contributed by atoms with Gasteiger partial charge in [0.05, 0.1) is 0 Å². The summed E-state index contributed by atoms with van der Waals surface area (Å²) in [6, 6.07) is 12.5. The van der Waals surface area contributed by atoms with Crippen LogP contribution in [0.25, 0.3) is 0 Å². The number of hydrogen-bond acceptors (Lipinski definition) is 2. The lowest BCUT2D eigenvalue weighted by Crippen LogP contribution is -1.97. The molecule has 2 heteroatoms. The van der Waals surface area contributed by atoms with Crippen LogP contribution in [0.4, 0.5) is 0 Å². The Labute approximate surface area is 109 Å². The molecule has 0 atom stereocenters. The van der Waals surface area contributed by atoms with E-state index >= 15 is 0 Å². The molecule has 1 heterocycles. The van der Waals surface area contributed by atoms with E-state index in [1.165, 1.54) is 23.1 Å². The van der Waals surface area contributed by atoms with E-state index in [2.05, 4.69) is 36.2 Å². The van der Waals surface area contributed by atoms with E-state index < -0.39 is 0 Å². The van der Waals surface area contributed by atoms with Gasteiger partial charge in [-0.05, 0) is 36.1 Å². The molecule has 1 aromatic heterocycles. The van der Waals surface area contributed by atoms with Crippen LogP contribution in [0.2, 0.25) is 0 Å². The van der Waals surface area contributed by atoms with Gasteiger partial charge in [-0.2, -0.15) is 0 Å². The predicted molar refractivity (Wildman–Crippen MR) is 73.7 cm³/mol. The van der Waals surface area contributed by atoms with Gasteiger partial charge in [0.2, 0.25) is 5.88 Å². The Hall–Kier alpha value is -1.83. The summed E-state index contributed by atoms with van der Waals surface area (Å²) in [5, 5.41) is 0. The molecule has 0 unspecified atom stereocenters. The van der Waals surface area contributed by atoms with Crippen LogP contribution in [0.3, 0.4) is 0 Å². The highest BCUT2D eigenvalue weighted by atomic mass is 16.5. The highest BCUT2D eigenvalue weighted by Crippen LogP contribution is 2.12. The molecule has 2 aromatic rings. The topological polar surface area (TPSA) is 22.1 Å². The highest BCUT2D eigenvalue weighted by Gasteiger charge is 1.98. The molecule has 0 radical (unpaired) electrons. The van der Waals surface area contributed by atoms with Crippen LogP contribution in [0.5, 0.6) is 5.88 Å². The zero-order valence-corrected chi connectivity index (χ0v) is 11.0. The molecular formula is C16H19NO. The molecule has 2 nitrogen and oxygen atoms in total. The van der Waals surface area contributed by atoms with E-state index in [0.29, 0.717) is 12.5 Å². The van der Waals surface area contributed by atoms with Crippen LogP contribution in [-0.2, 0) is 13.0 Å². The van der Waals surface area contributed by atoms with Gasteiger partial charge < -0.3 is 4.74 Å². The van der Waals surface area contributed by atoms with Gasteiger partial charge in [-0.3, -0.25) is 0 Å². The maximum absolute atomic E-state index is 5.66. The summed E-state index contributed by atoms with van der Waals surface area (Å²) in [5.41, 5.74) is 3.73. The minimum atomic E-state index is 0.572. The monoisotopic (exact) mass is 241 g/mol. The quantitative estimate of drug-likeness (QED) is 0.791. The van der Waals surface area contributed by atoms with E-state index in [9.17, 15) is 0 Å². The molecule has 0 bridgehead atoms. The number of ether oxygens (including phenoxy) is 1. The van der Waals surface area contributed by atoms with E-state index in [-0.39, 0.29) is 0 Å². The van der Waals surface area contributed by atoms with Gasteiger partial charge in [-0.1, -0.05) is 37.6 Å². The molecule has 18 heavy (non-hydrogen) atoms. The molecule has 0 aliphatic carbocycles. The summed E-state index contributed by atoms with van der Waals surface area (Å²) < 4.78 is 5.66. The van der Waals surface area contributed by atoms with Crippen molar-refractivity contribution in [1.29, 1.82) is 0 Å². The van der Waals surface area contributed by atoms with Crippen LogP contribution in [0.1, 0.15) is 30.0 Å². The van der Waals surface area contributed by atoms with Crippen LogP contribution in [0, 0.1) is 6.92 Å². The lowest BCUT2D eigenvalue weighted by molar-refractivity contribution is 0.293. The number of pyridine rings is 1. The molecule has 0 fully saturated rings. The Kier molecular flexibility index (Phi) is 4.35. The molecule has 0 saturated carbocycles. The standard InChI is InChI=1S/C16H19NO/c1-3-4-14-5-7-15(8-6-14)12-18-16-11-13(2)9-10-17-16/h5-11H,3-4,12H2,1-2H3. The molecule has 0 aliphatic rings. The minimum absolute atomic E-state index is 0.572. The highest BCUT2D eigenvalue weighted by molar-refractivity contribution is 5.23. The molecule has 2 rings (SSSR count). The Morgan fingerprint density at radius 2 is 1.78 bits per heavy atom. The normalized spacial score (nSPS) is 10.3. The van der Waals surface area contributed by atoms with Crippen LogP contribution < -0.4 is 4.74 Å². The SMILES string of the molecule is CCCc1ccc(COc2cc(C)ccn2)cc1. The third-order valence-electron chi connectivity index (χ3n) is 2.84. The lowest BCUT2D eigenvalue weighted by Gasteiger charge is -2.06. The molecule has 1 aromatic carbocycles. The Morgan fingerprint density at radius 3 is 2.44 bits per heavy atom. The largest absolute Gasteiger partial charge is 0.473 e. The van der Waals surface area contributed by atoms with E-state index in [1.807, 2.05) is 19.1 Å². The van der Waals surface area contributed by atoms with Gasteiger partial charge >= 0.3 is 0 Å². The maximum atomic E-state index is 5.66. The maximum Gasteiger partial charge on any atom is 0.213 e. The van der Waals surface area contributed by atoms with Crippen molar-refractivity contribution in [1.82, 2.24) is 4.98 Å². The van der Waals surface area contributed by atoms with Crippen LogP contribution in [-0.4, -0.2) is 4.98 Å². The first kappa shape index (κ1) is 12.6. The smallest absolute Gasteiger partial charge is 0.213 e. The third-order valence-corrected chi connectivity index (χ3v) is 2.84. The van der Waals surface area contributed by atoms with Crippen molar-refractivity contribution in [2.24, 2.45) is 0 Å². The van der Waals surface area contributed by atoms with Crippen molar-refractivity contribution >= 4 is 0 Å². The van der Waals surface area contributed by atoms with Gasteiger partial charge in [-0.15, -0.1) is 0 Å². The summed E-state index contributed by atoms with van der Waals surface area (Å²) in [6.07, 6.45) is 4.10. The average Bonchev–Trinajstić information content (AvgIpc) is 2.38. The third kappa shape index (κ3) is 3.59. The summed E-state index contributed by atoms with van der Waals surface area (Å²) in [5.74, 6) is 0.688. The van der Waals surface area contributed by atoms with Crippen molar-refractivity contribution in [3.63, 3.8) is 0 Å². The summed E-state index contributed by atoms with van der Waals surface area (Å²) in [4.78, 5) is 4.18. The fourth-order valence-electron chi connectivity index (χ4n) is 1.84. The second-order valence-electron chi connectivity index (χ2n) is 4.53. The first-order valence-electron chi connectivity index (χ1n) is 6.41. The number of hydrogen-bond donors (Lipinski definition) is 0. The molecule has 0 N–H and O–H groups in total. The number of aryl methyl sites for hydroxylation is 2. The minimum Gasteiger partial charge on any atom is -0.473 e. The molecule has 0 aliphatic heterocycles. The second kappa shape index (κ2) is 6.20. The summed E-state index contributed by atoms with van der Waals surface area (Å²) >= 11 is 0. The van der Waals surface area contributed by atoms with E-state index in [1.54, 1.807) is 6.20 Å². The summed E-state index contributed by atoms with van der Waals surface area (Å²) in [7, 11) is 0. The summed E-state index contributed by atoms with van der Waals surface area (Å²) in [6.45, 7) is 4.80. The average molecular weight is 241 g/mol. The molecule has 0 spiro atoms. The van der Waals surface area contributed by atoms with Gasteiger partial charge in [0.25, 0.3) is 0 Å². The van der Waals surface area contributed by atoms with Crippen molar-refractivity contribution in [3.8, 4) is 5.88 Å². The van der Waals surface area contributed by atoms with Crippen LogP contribution >= 0.6 is 0 Å². The fraction of sp³-hybridized carbons (Fsp3) is 0.312. The zero-order chi connectivity index (χ0) is 12.8. The number of aromatic nitrogens is 1. The first-order chi connectivity index (χ1) is 8.78. The fourth-order valence-corrected chi connectivity index (χ4v) is 1.84. The molecule has 0 amide bonds. The number of benzene rings is 1. The van der Waals surface area contributed by atoms with Gasteiger partial charge in [0, 0.05) is 12.3 Å². The van der Waals surface area contributed by atoms with Gasteiger partial charge in [0.15, 0.2) is 0 Å². The molecular weight excluding hydrogens is 222 g/mol. The molecule has 0 saturated heterocycles. The van der Waals surface area contributed by atoms with Gasteiger partial charge in [0.1, 0.15) is 6.61 Å². The Morgan fingerprint density at radius 1 is 1.06 bits per heavy atom. The number of nitrogens with zero attached hydrogens (tertiary/aromatic N) is 1.